The Labute approximate surface area is 151 Å². The van der Waals surface area contributed by atoms with Crippen LogP contribution in [0.3, 0.4) is 0 Å². The van der Waals surface area contributed by atoms with Crippen LogP contribution in [0.2, 0.25) is 0 Å². The minimum Gasteiger partial charge on any atom is -0.411 e. The molecule has 2 aromatic heterocycles. The third-order valence-electron chi connectivity index (χ3n) is 4.40. The summed E-state index contributed by atoms with van der Waals surface area (Å²) in [4.78, 5) is 17.2. The normalized spacial score (nSPS) is 11.2. The first-order valence-corrected chi connectivity index (χ1v) is 9.35. The predicted octanol–water partition coefficient (Wildman–Crippen LogP) is 3.80. The molecule has 0 atom stereocenters. The third-order valence-corrected chi connectivity index (χ3v) is 5.20. The van der Waals surface area contributed by atoms with Gasteiger partial charge in [0.15, 0.2) is 0 Å². The van der Waals surface area contributed by atoms with Gasteiger partial charge in [0, 0.05) is 35.2 Å². The van der Waals surface area contributed by atoms with Gasteiger partial charge in [-0.1, -0.05) is 11.8 Å². The molecule has 0 aliphatic rings. The molecule has 0 saturated carbocycles. The van der Waals surface area contributed by atoms with Crippen LogP contribution in [0.1, 0.15) is 25.1 Å². The van der Waals surface area contributed by atoms with Crippen molar-refractivity contribution in [2.24, 2.45) is 0 Å². The molecule has 0 bridgehead atoms. The lowest BCUT2D eigenvalue weighted by atomic mass is 10.1. The van der Waals surface area contributed by atoms with Gasteiger partial charge in [-0.05, 0) is 51.5 Å². The summed E-state index contributed by atoms with van der Waals surface area (Å²) in [5.41, 5.74) is 4.35. The molecule has 1 aromatic carbocycles. The van der Waals surface area contributed by atoms with Gasteiger partial charge >= 0.3 is 0 Å². The van der Waals surface area contributed by atoms with E-state index in [4.69, 9.17) is 4.42 Å². The van der Waals surface area contributed by atoms with E-state index < -0.39 is 0 Å². The van der Waals surface area contributed by atoms with Gasteiger partial charge in [0.1, 0.15) is 0 Å². The molecule has 0 unspecified atom stereocenters. The first kappa shape index (κ1) is 17.5. The number of amides is 1. The fraction of sp³-hybridized carbons (Fsp3) is 0.389. The number of rotatable bonds is 6. The van der Waals surface area contributed by atoms with Gasteiger partial charge in [0.05, 0.1) is 5.75 Å². The lowest BCUT2D eigenvalue weighted by Crippen LogP contribution is -2.31. The van der Waals surface area contributed by atoms with Gasteiger partial charge in [0.25, 0.3) is 5.22 Å². The van der Waals surface area contributed by atoms with Gasteiger partial charge in [-0.15, -0.1) is 10.2 Å². The molecule has 6 nitrogen and oxygen atoms in total. The summed E-state index contributed by atoms with van der Waals surface area (Å²) in [6, 6.07) is 6.03. The van der Waals surface area contributed by atoms with E-state index in [1.807, 2.05) is 26.0 Å². The predicted molar refractivity (Wildman–Crippen MR) is 99.7 cm³/mol. The van der Waals surface area contributed by atoms with Crippen LogP contribution in [0.4, 0.5) is 0 Å². The van der Waals surface area contributed by atoms with Crippen molar-refractivity contribution in [1.82, 2.24) is 20.1 Å². The molecule has 0 aliphatic carbocycles. The highest BCUT2D eigenvalue weighted by Gasteiger charge is 2.15. The summed E-state index contributed by atoms with van der Waals surface area (Å²) in [6.45, 7) is 9.51. The lowest BCUT2D eigenvalue weighted by Gasteiger charge is -2.17. The standard InChI is InChI=1S/C18H22N4O2S/c1-5-22(6-2)16(23)10-25-18-21-20-17(24-18)13-7-8-15-14(9-13)11(3)12(4)19-15/h7-9,19H,5-6,10H2,1-4H3. The van der Waals surface area contributed by atoms with E-state index in [2.05, 4.69) is 35.1 Å². The van der Waals surface area contributed by atoms with E-state index in [0.29, 0.717) is 30.0 Å². The number of thioether (sulfide) groups is 1. The van der Waals surface area contributed by atoms with Gasteiger partial charge in [0.2, 0.25) is 11.8 Å². The number of carbonyl (C=O) groups is 1. The fourth-order valence-electron chi connectivity index (χ4n) is 2.77. The van der Waals surface area contributed by atoms with Crippen molar-refractivity contribution in [2.75, 3.05) is 18.8 Å². The molecule has 25 heavy (non-hydrogen) atoms. The average Bonchev–Trinajstić information content (AvgIpc) is 3.19. The fourth-order valence-corrected chi connectivity index (χ4v) is 3.44. The molecule has 7 heteroatoms. The minimum absolute atomic E-state index is 0.0783. The second-order valence-electron chi connectivity index (χ2n) is 5.86. The smallest absolute Gasteiger partial charge is 0.277 e. The summed E-state index contributed by atoms with van der Waals surface area (Å²) in [7, 11) is 0. The zero-order valence-electron chi connectivity index (χ0n) is 14.9. The van der Waals surface area contributed by atoms with E-state index in [-0.39, 0.29) is 5.91 Å². The van der Waals surface area contributed by atoms with Crippen molar-refractivity contribution in [2.45, 2.75) is 32.9 Å². The molecule has 0 aliphatic heterocycles. The maximum absolute atomic E-state index is 12.1. The molecule has 1 N–H and O–H groups in total. The Morgan fingerprint density at radius 3 is 2.72 bits per heavy atom. The van der Waals surface area contributed by atoms with E-state index in [1.165, 1.54) is 17.3 Å². The first-order valence-electron chi connectivity index (χ1n) is 8.36. The van der Waals surface area contributed by atoms with Crippen LogP contribution in [0.25, 0.3) is 22.4 Å². The molecule has 0 fully saturated rings. The van der Waals surface area contributed by atoms with E-state index >= 15 is 0 Å². The van der Waals surface area contributed by atoms with E-state index in [9.17, 15) is 4.79 Å². The SMILES string of the molecule is CCN(CC)C(=O)CSc1nnc(-c2ccc3[nH]c(C)c(C)c3c2)o1. The zero-order valence-corrected chi connectivity index (χ0v) is 15.7. The number of H-pyrrole nitrogens is 1. The highest BCUT2D eigenvalue weighted by molar-refractivity contribution is 7.99. The summed E-state index contributed by atoms with van der Waals surface area (Å²) in [5, 5.41) is 9.74. The lowest BCUT2D eigenvalue weighted by molar-refractivity contribution is -0.127. The van der Waals surface area contributed by atoms with Gasteiger partial charge in [-0.3, -0.25) is 4.79 Å². The van der Waals surface area contributed by atoms with Crippen LogP contribution < -0.4 is 0 Å². The molecule has 2 heterocycles. The number of benzene rings is 1. The summed E-state index contributed by atoms with van der Waals surface area (Å²) in [6.07, 6.45) is 0. The maximum atomic E-state index is 12.1. The highest BCUT2D eigenvalue weighted by Crippen LogP contribution is 2.28. The van der Waals surface area contributed by atoms with Crippen LogP contribution in [0.5, 0.6) is 0 Å². The second-order valence-corrected chi connectivity index (χ2v) is 6.79. The number of carbonyl (C=O) groups excluding carboxylic acids is 1. The van der Waals surface area contributed by atoms with Gasteiger partial charge in [-0.2, -0.15) is 0 Å². The summed E-state index contributed by atoms with van der Waals surface area (Å²) < 4.78 is 5.72. The van der Waals surface area contributed by atoms with E-state index in [1.54, 1.807) is 4.90 Å². The van der Waals surface area contributed by atoms with Crippen LogP contribution in [-0.2, 0) is 4.79 Å². The summed E-state index contributed by atoms with van der Waals surface area (Å²) >= 11 is 1.28. The number of fused-ring (bicyclic) bond motifs is 1. The number of nitrogens with one attached hydrogen (secondary N) is 1. The average molecular weight is 358 g/mol. The van der Waals surface area contributed by atoms with Crippen molar-refractivity contribution in [3.8, 4) is 11.5 Å². The van der Waals surface area contributed by atoms with Crippen LogP contribution in [0.15, 0.2) is 27.8 Å². The van der Waals surface area contributed by atoms with Gasteiger partial charge < -0.3 is 14.3 Å². The molecular formula is C18H22N4O2S. The molecule has 1 amide bonds. The topological polar surface area (TPSA) is 75.0 Å². The number of hydrogen-bond donors (Lipinski definition) is 1. The Hall–Kier alpha value is -2.28. The summed E-state index contributed by atoms with van der Waals surface area (Å²) in [5.74, 6) is 0.853. The second kappa shape index (κ2) is 7.31. The van der Waals surface area contributed by atoms with Crippen molar-refractivity contribution >= 4 is 28.6 Å². The largest absolute Gasteiger partial charge is 0.411 e. The molecule has 0 saturated heterocycles. The van der Waals surface area contributed by atoms with Crippen molar-refractivity contribution in [3.63, 3.8) is 0 Å². The van der Waals surface area contributed by atoms with E-state index in [0.717, 1.165) is 22.2 Å². The number of nitrogens with zero attached hydrogens (tertiary/aromatic N) is 3. The number of aryl methyl sites for hydroxylation is 2. The highest BCUT2D eigenvalue weighted by atomic mass is 32.2. The van der Waals surface area contributed by atoms with Crippen LogP contribution in [0, 0.1) is 13.8 Å². The minimum atomic E-state index is 0.0783. The van der Waals surface area contributed by atoms with Crippen molar-refractivity contribution in [1.29, 1.82) is 0 Å². The molecular weight excluding hydrogens is 336 g/mol. The number of aromatic amines is 1. The Morgan fingerprint density at radius 2 is 2.00 bits per heavy atom. The van der Waals surface area contributed by atoms with Crippen LogP contribution >= 0.6 is 11.8 Å². The molecule has 0 radical (unpaired) electrons. The molecule has 0 spiro atoms. The Balaban J connectivity index is 1.75. The molecule has 3 aromatic rings. The molecule has 132 valence electrons. The van der Waals surface area contributed by atoms with Crippen molar-refractivity contribution in [3.05, 3.63) is 29.5 Å². The Bertz CT molecular complexity index is 896. The quantitative estimate of drug-likeness (QED) is 0.679. The molecule has 3 rings (SSSR count). The van der Waals surface area contributed by atoms with Gasteiger partial charge in [-0.25, -0.2) is 0 Å². The Kier molecular flexibility index (Phi) is 5.13. The first-order chi connectivity index (χ1) is 12.0. The Morgan fingerprint density at radius 1 is 1.24 bits per heavy atom. The number of hydrogen-bond acceptors (Lipinski definition) is 5. The zero-order chi connectivity index (χ0) is 18.0. The monoisotopic (exact) mass is 358 g/mol. The van der Waals surface area contributed by atoms with Crippen LogP contribution in [-0.4, -0.2) is 44.8 Å². The van der Waals surface area contributed by atoms with Crippen molar-refractivity contribution < 1.29 is 9.21 Å². The maximum Gasteiger partial charge on any atom is 0.277 e. The third kappa shape index (κ3) is 3.56. The number of aromatic nitrogens is 3.